The molecular weight excluding hydrogens is 377 g/mol. The summed E-state index contributed by atoms with van der Waals surface area (Å²) in [5.74, 6) is -1.93. The molecule has 1 N–H and O–H groups in total. The molecule has 1 aliphatic rings. The third-order valence-corrected chi connectivity index (χ3v) is 5.28. The van der Waals surface area contributed by atoms with Gasteiger partial charge in [-0.15, -0.1) is 0 Å². The van der Waals surface area contributed by atoms with Crippen LogP contribution in [0.4, 0.5) is 24.5 Å². The summed E-state index contributed by atoms with van der Waals surface area (Å²) in [5, 5.41) is 2.69. The van der Waals surface area contributed by atoms with E-state index in [1.807, 2.05) is 20.8 Å². The number of amides is 1. The maximum absolute atomic E-state index is 15.2. The first-order valence-corrected chi connectivity index (χ1v) is 9.78. The number of carbonyl (C=O) groups excluding carboxylic acids is 1. The molecule has 0 saturated carbocycles. The first-order valence-electron chi connectivity index (χ1n) is 9.78. The normalized spacial score (nSPS) is 14.0. The number of rotatable bonds is 3. The molecule has 3 nitrogen and oxygen atoms in total. The second-order valence-electron chi connectivity index (χ2n) is 8.97. The minimum Gasteiger partial charge on any atom is -0.362 e. The van der Waals surface area contributed by atoms with Crippen LogP contribution in [0.25, 0.3) is 0 Å². The number of fused-ring (bicyclic) bond motifs is 1. The number of carbonyl (C=O) groups is 1. The van der Waals surface area contributed by atoms with Crippen LogP contribution in [0.5, 0.6) is 0 Å². The Balaban J connectivity index is 1.94. The third-order valence-electron chi connectivity index (χ3n) is 5.28. The zero-order valence-electron chi connectivity index (χ0n) is 17.5. The molecule has 3 rings (SSSR count). The van der Waals surface area contributed by atoms with Gasteiger partial charge in [-0.05, 0) is 48.9 Å². The molecule has 29 heavy (non-hydrogen) atoms. The maximum atomic E-state index is 15.2. The fourth-order valence-electron chi connectivity index (χ4n) is 3.80. The van der Waals surface area contributed by atoms with E-state index in [0.717, 1.165) is 11.1 Å². The molecule has 156 valence electrons. The lowest BCUT2D eigenvalue weighted by Crippen LogP contribution is -2.32. The van der Waals surface area contributed by atoms with E-state index in [-0.39, 0.29) is 46.1 Å². The van der Waals surface area contributed by atoms with Gasteiger partial charge >= 0.3 is 0 Å². The highest BCUT2D eigenvalue weighted by molar-refractivity contribution is 5.93. The van der Waals surface area contributed by atoms with E-state index in [1.54, 1.807) is 24.8 Å². The Hall–Kier alpha value is -2.50. The van der Waals surface area contributed by atoms with Crippen LogP contribution in [-0.4, -0.2) is 12.5 Å². The Labute approximate surface area is 169 Å². The Kier molecular flexibility index (Phi) is 5.65. The molecule has 1 aliphatic heterocycles. The van der Waals surface area contributed by atoms with Crippen LogP contribution in [-0.2, 0) is 17.8 Å². The molecule has 1 amide bonds. The molecule has 0 radical (unpaired) electrons. The molecule has 1 heterocycles. The van der Waals surface area contributed by atoms with Crippen LogP contribution >= 0.6 is 0 Å². The van der Waals surface area contributed by atoms with E-state index in [0.29, 0.717) is 19.5 Å². The molecule has 0 unspecified atom stereocenters. The van der Waals surface area contributed by atoms with Crippen molar-refractivity contribution < 1.29 is 18.0 Å². The number of nitrogens with one attached hydrogen (secondary N) is 1. The summed E-state index contributed by atoms with van der Waals surface area (Å²) >= 11 is 0. The van der Waals surface area contributed by atoms with Crippen molar-refractivity contribution in [2.24, 2.45) is 5.41 Å². The molecule has 0 atom stereocenters. The monoisotopic (exact) mass is 404 g/mol. The van der Waals surface area contributed by atoms with E-state index < -0.39 is 11.6 Å². The number of hydrogen-bond acceptors (Lipinski definition) is 2. The summed E-state index contributed by atoms with van der Waals surface area (Å²) in [6, 6.07) is 4.50. The summed E-state index contributed by atoms with van der Waals surface area (Å²) in [4.78, 5) is 14.0. The van der Waals surface area contributed by atoms with E-state index in [2.05, 4.69) is 5.32 Å². The molecular formula is C23H27F3N2O. The molecule has 0 spiro atoms. The fraction of sp³-hybridized carbons (Fsp3) is 0.435. The number of anilines is 2. The number of hydrogen-bond donors (Lipinski definition) is 1. The van der Waals surface area contributed by atoms with Crippen molar-refractivity contribution in [1.29, 1.82) is 0 Å². The summed E-state index contributed by atoms with van der Waals surface area (Å²) < 4.78 is 43.9. The molecule has 6 heteroatoms. The van der Waals surface area contributed by atoms with Crippen molar-refractivity contribution in [2.75, 3.05) is 16.8 Å². The Morgan fingerprint density at radius 3 is 2.28 bits per heavy atom. The maximum Gasteiger partial charge on any atom is 0.224 e. The van der Waals surface area contributed by atoms with Gasteiger partial charge in [0.1, 0.15) is 11.5 Å². The first-order chi connectivity index (χ1) is 13.5. The number of nitrogens with zero attached hydrogens (tertiary/aromatic N) is 1. The quantitative estimate of drug-likeness (QED) is 0.716. The van der Waals surface area contributed by atoms with Crippen molar-refractivity contribution >= 4 is 17.3 Å². The van der Waals surface area contributed by atoms with Crippen molar-refractivity contribution in [3.8, 4) is 0 Å². The van der Waals surface area contributed by atoms with Gasteiger partial charge in [0.05, 0.1) is 5.69 Å². The van der Waals surface area contributed by atoms with Crippen molar-refractivity contribution in [1.82, 2.24) is 0 Å². The van der Waals surface area contributed by atoms with Gasteiger partial charge < -0.3 is 10.2 Å². The SMILES string of the molecule is Cc1c(F)c(N2CCc3cc(F)ccc3C2)c(F)c(C)c1NC(=O)CC(C)(C)C. The van der Waals surface area contributed by atoms with Gasteiger partial charge in [0, 0.05) is 30.6 Å². The minimum absolute atomic E-state index is 0.0937. The lowest BCUT2D eigenvalue weighted by molar-refractivity contribution is -0.117. The van der Waals surface area contributed by atoms with Crippen LogP contribution in [0.2, 0.25) is 0 Å². The highest BCUT2D eigenvalue weighted by Gasteiger charge is 2.28. The van der Waals surface area contributed by atoms with Crippen molar-refractivity contribution in [2.45, 2.75) is 54.0 Å². The second kappa shape index (κ2) is 7.73. The van der Waals surface area contributed by atoms with Crippen molar-refractivity contribution in [3.05, 3.63) is 57.9 Å². The Morgan fingerprint density at radius 2 is 1.69 bits per heavy atom. The lowest BCUT2D eigenvalue weighted by Gasteiger charge is -2.32. The predicted molar refractivity (Wildman–Crippen MR) is 110 cm³/mol. The minimum atomic E-state index is -0.676. The molecule has 2 aromatic carbocycles. The fourth-order valence-corrected chi connectivity index (χ4v) is 3.80. The Bertz CT molecular complexity index is 935. The van der Waals surface area contributed by atoms with Gasteiger partial charge in [0.25, 0.3) is 0 Å². The van der Waals surface area contributed by atoms with E-state index in [4.69, 9.17) is 0 Å². The van der Waals surface area contributed by atoms with E-state index >= 15 is 8.78 Å². The molecule has 2 aromatic rings. The lowest BCUT2D eigenvalue weighted by atomic mass is 9.91. The average molecular weight is 404 g/mol. The molecule has 0 aromatic heterocycles. The zero-order valence-corrected chi connectivity index (χ0v) is 17.5. The number of halogens is 3. The largest absolute Gasteiger partial charge is 0.362 e. The van der Waals surface area contributed by atoms with Crippen LogP contribution in [0.15, 0.2) is 18.2 Å². The van der Waals surface area contributed by atoms with E-state index in [1.165, 1.54) is 12.1 Å². The topological polar surface area (TPSA) is 32.3 Å². The summed E-state index contributed by atoms with van der Waals surface area (Å²) in [5.41, 5.74) is 2.01. The van der Waals surface area contributed by atoms with Crippen molar-refractivity contribution in [3.63, 3.8) is 0 Å². The second-order valence-corrected chi connectivity index (χ2v) is 8.97. The van der Waals surface area contributed by atoms with Crippen LogP contribution in [0.3, 0.4) is 0 Å². The smallest absolute Gasteiger partial charge is 0.224 e. The zero-order chi connectivity index (χ0) is 21.5. The van der Waals surface area contributed by atoms with Gasteiger partial charge in [-0.3, -0.25) is 4.79 Å². The van der Waals surface area contributed by atoms with Gasteiger partial charge in [0.2, 0.25) is 5.91 Å². The highest BCUT2D eigenvalue weighted by Crippen LogP contribution is 2.37. The third kappa shape index (κ3) is 4.41. The van der Waals surface area contributed by atoms with Crippen LogP contribution in [0.1, 0.15) is 49.4 Å². The summed E-state index contributed by atoms with van der Waals surface area (Å²) in [6.07, 6.45) is 0.754. The molecule has 0 saturated heterocycles. The molecule has 0 aliphatic carbocycles. The Morgan fingerprint density at radius 1 is 1.07 bits per heavy atom. The first kappa shape index (κ1) is 21.2. The van der Waals surface area contributed by atoms with Gasteiger partial charge in [-0.2, -0.15) is 0 Å². The van der Waals surface area contributed by atoms with E-state index in [9.17, 15) is 9.18 Å². The average Bonchev–Trinajstić information content (AvgIpc) is 2.62. The van der Waals surface area contributed by atoms with Gasteiger partial charge in [0.15, 0.2) is 11.6 Å². The summed E-state index contributed by atoms with van der Waals surface area (Å²) in [6.45, 7) is 9.57. The molecule has 0 bridgehead atoms. The molecule has 0 fully saturated rings. The van der Waals surface area contributed by atoms with Crippen LogP contribution in [0, 0.1) is 36.7 Å². The standard InChI is InChI=1S/C23H27F3N2O/c1-13-19(25)22(28-9-8-15-10-17(24)7-6-16(15)12-28)20(26)14(2)21(13)27-18(29)11-23(3,4)5/h6-7,10H,8-9,11-12H2,1-5H3,(H,27,29). The summed E-state index contributed by atoms with van der Waals surface area (Å²) in [7, 11) is 0. The van der Waals surface area contributed by atoms with Gasteiger partial charge in [-0.25, -0.2) is 13.2 Å². The highest BCUT2D eigenvalue weighted by atomic mass is 19.1. The van der Waals surface area contributed by atoms with Gasteiger partial charge in [-0.1, -0.05) is 26.8 Å². The number of benzene rings is 2. The predicted octanol–water partition coefficient (Wildman–Crippen LogP) is 5.66. The van der Waals surface area contributed by atoms with Crippen LogP contribution < -0.4 is 10.2 Å².